The topological polar surface area (TPSA) is 48.7 Å². The fraction of sp³-hybridized carbons (Fsp3) is 0.400. The Hall–Kier alpha value is -1.56. The zero-order valence-corrected chi connectivity index (χ0v) is 8.13. The summed E-state index contributed by atoms with van der Waals surface area (Å²) in [6, 6.07) is 5.98. The third-order valence-corrected chi connectivity index (χ3v) is 1.97. The maximum Gasteiger partial charge on any atom is 0.0937 e. The van der Waals surface area contributed by atoms with Gasteiger partial charge in [0, 0.05) is 18.9 Å². The third kappa shape index (κ3) is 1.97. The molecule has 1 aromatic rings. The number of pyridine rings is 1. The summed E-state index contributed by atoms with van der Waals surface area (Å²) in [4.78, 5) is 4.17. The molecule has 3 nitrogen and oxygen atoms in total. The van der Waals surface area contributed by atoms with Gasteiger partial charge in [0.15, 0.2) is 0 Å². The molecule has 1 heterocycles. The Morgan fingerprint density at radius 3 is 2.77 bits per heavy atom. The minimum absolute atomic E-state index is 0.521. The van der Waals surface area contributed by atoms with Gasteiger partial charge in [-0.2, -0.15) is 5.26 Å². The molecular formula is C10H13N3. The first kappa shape index (κ1) is 9.53. The van der Waals surface area contributed by atoms with Crippen molar-refractivity contribution < 1.29 is 0 Å². The van der Waals surface area contributed by atoms with E-state index in [1.54, 1.807) is 6.20 Å². The van der Waals surface area contributed by atoms with E-state index in [4.69, 9.17) is 5.26 Å². The first-order valence-corrected chi connectivity index (χ1v) is 4.15. The normalized spacial score (nSPS) is 10.6. The van der Waals surface area contributed by atoms with Crippen molar-refractivity contribution in [2.45, 2.75) is 19.3 Å². The molecule has 0 atom stereocenters. The lowest BCUT2D eigenvalue weighted by Crippen LogP contribution is -2.15. The van der Waals surface area contributed by atoms with Crippen LogP contribution in [0.4, 0.5) is 5.69 Å². The highest BCUT2D eigenvalue weighted by atomic mass is 14.8. The molecule has 0 radical (unpaired) electrons. The van der Waals surface area contributed by atoms with Crippen LogP contribution in [0.25, 0.3) is 0 Å². The number of nitriles is 1. The van der Waals surface area contributed by atoms with Crippen LogP contribution >= 0.6 is 0 Å². The zero-order valence-electron chi connectivity index (χ0n) is 8.13. The van der Waals surface area contributed by atoms with Gasteiger partial charge in [-0.3, -0.25) is 4.98 Å². The predicted octanol–water partition coefficient (Wildman–Crippen LogP) is 1.92. The van der Waals surface area contributed by atoms with Crippen molar-refractivity contribution in [1.29, 1.82) is 5.26 Å². The van der Waals surface area contributed by atoms with Crippen molar-refractivity contribution in [1.82, 2.24) is 4.98 Å². The Morgan fingerprint density at radius 2 is 2.23 bits per heavy atom. The molecule has 0 saturated carbocycles. The van der Waals surface area contributed by atoms with Crippen molar-refractivity contribution in [3.63, 3.8) is 0 Å². The van der Waals surface area contributed by atoms with E-state index in [9.17, 15) is 0 Å². The standard InChI is InChI=1S/C10H13N3/c1-10(2,7-11)9-6-8(12-3)4-5-13-9/h4-6H,1-3H3,(H,12,13). The lowest BCUT2D eigenvalue weighted by molar-refractivity contribution is 0.660. The lowest BCUT2D eigenvalue weighted by Gasteiger charge is -2.14. The van der Waals surface area contributed by atoms with Gasteiger partial charge >= 0.3 is 0 Å². The molecule has 1 aromatic heterocycles. The minimum atomic E-state index is -0.521. The van der Waals surface area contributed by atoms with Crippen molar-refractivity contribution >= 4 is 5.69 Å². The molecule has 0 aliphatic heterocycles. The van der Waals surface area contributed by atoms with Crippen molar-refractivity contribution in [2.24, 2.45) is 0 Å². The second-order valence-corrected chi connectivity index (χ2v) is 3.42. The van der Waals surface area contributed by atoms with Crippen LogP contribution in [0.2, 0.25) is 0 Å². The van der Waals surface area contributed by atoms with Gasteiger partial charge in [0.1, 0.15) is 0 Å². The first-order chi connectivity index (χ1) is 6.10. The molecule has 0 saturated heterocycles. The van der Waals surface area contributed by atoms with Gasteiger partial charge in [-0.25, -0.2) is 0 Å². The summed E-state index contributed by atoms with van der Waals surface area (Å²) in [7, 11) is 1.85. The Morgan fingerprint density at radius 1 is 1.54 bits per heavy atom. The number of hydrogen-bond acceptors (Lipinski definition) is 3. The van der Waals surface area contributed by atoms with Gasteiger partial charge < -0.3 is 5.32 Å². The molecule has 0 spiro atoms. The van der Waals surface area contributed by atoms with Crippen LogP contribution in [0, 0.1) is 11.3 Å². The van der Waals surface area contributed by atoms with Gasteiger partial charge in [0.25, 0.3) is 0 Å². The van der Waals surface area contributed by atoms with Crippen molar-refractivity contribution in [3.8, 4) is 6.07 Å². The fourth-order valence-electron chi connectivity index (χ4n) is 0.985. The summed E-state index contributed by atoms with van der Waals surface area (Å²) in [6.07, 6.45) is 1.71. The quantitative estimate of drug-likeness (QED) is 0.747. The van der Waals surface area contributed by atoms with Crippen molar-refractivity contribution in [3.05, 3.63) is 24.0 Å². The molecule has 68 valence electrons. The second kappa shape index (κ2) is 3.44. The van der Waals surface area contributed by atoms with Crippen molar-refractivity contribution in [2.75, 3.05) is 12.4 Å². The number of aromatic nitrogens is 1. The van der Waals surface area contributed by atoms with Crippen LogP contribution in [0.5, 0.6) is 0 Å². The van der Waals surface area contributed by atoms with Crippen LogP contribution in [0.15, 0.2) is 18.3 Å². The van der Waals surface area contributed by atoms with E-state index in [-0.39, 0.29) is 0 Å². The molecule has 0 bridgehead atoms. The summed E-state index contributed by atoms with van der Waals surface area (Å²) >= 11 is 0. The molecule has 0 fully saturated rings. The van der Waals surface area contributed by atoms with Gasteiger partial charge in [-0.05, 0) is 26.0 Å². The average molecular weight is 175 g/mol. The monoisotopic (exact) mass is 175 g/mol. The van der Waals surface area contributed by atoms with Gasteiger partial charge in [0.2, 0.25) is 0 Å². The molecule has 0 unspecified atom stereocenters. The predicted molar refractivity (Wildman–Crippen MR) is 52.4 cm³/mol. The van der Waals surface area contributed by atoms with E-state index in [1.165, 1.54) is 0 Å². The first-order valence-electron chi connectivity index (χ1n) is 4.15. The average Bonchev–Trinajstić information content (AvgIpc) is 2.18. The third-order valence-electron chi connectivity index (χ3n) is 1.97. The van der Waals surface area contributed by atoms with Crippen LogP contribution in [0.3, 0.4) is 0 Å². The number of hydrogen-bond donors (Lipinski definition) is 1. The Kier molecular flexibility index (Phi) is 2.52. The highest BCUT2D eigenvalue weighted by molar-refractivity contribution is 5.44. The van der Waals surface area contributed by atoms with Crippen LogP contribution in [-0.2, 0) is 5.41 Å². The summed E-state index contributed by atoms with van der Waals surface area (Å²) < 4.78 is 0. The summed E-state index contributed by atoms with van der Waals surface area (Å²) in [5.74, 6) is 0. The fourth-order valence-corrected chi connectivity index (χ4v) is 0.985. The largest absolute Gasteiger partial charge is 0.388 e. The number of anilines is 1. The summed E-state index contributed by atoms with van der Waals surface area (Å²) in [5, 5.41) is 11.9. The smallest absolute Gasteiger partial charge is 0.0937 e. The van der Waals surface area contributed by atoms with Gasteiger partial charge in [-0.15, -0.1) is 0 Å². The molecule has 0 amide bonds. The zero-order chi connectivity index (χ0) is 9.90. The Bertz CT molecular complexity index is 336. The van der Waals surface area contributed by atoms with Crippen LogP contribution in [0.1, 0.15) is 19.5 Å². The molecule has 1 rings (SSSR count). The van der Waals surface area contributed by atoms with Crippen LogP contribution < -0.4 is 5.32 Å². The molecule has 1 N–H and O–H groups in total. The lowest BCUT2D eigenvalue weighted by atomic mass is 9.91. The maximum absolute atomic E-state index is 8.90. The molecule has 13 heavy (non-hydrogen) atoms. The highest BCUT2D eigenvalue weighted by Gasteiger charge is 2.21. The SMILES string of the molecule is CNc1ccnc(C(C)(C)C#N)c1. The number of nitrogens with zero attached hydrogens (tertiary/aromatic N) is 2. The van der Waals surface area contributed by atoms with E-state index in [1.807, 2.05) is 33.0 Å². The van der Waals surface area contributed by atoms with Gasteiger partial charge in [0.05, 0.1) is 17.2 Å². The van der Waals surface area contributed by atoms with E-state index < -0.39 is 5.41 Å². The van der Waals surface area contributed by atoms with E-state index in [0.29, 0.717) is 0 Å². The van der Waals surface area contributed by atoms with E-state index in [0.717, 1.165) is 11.4 Å². The number of nitrogens with one attached hydrogen (secondary N) is 1. The molecular weight excluding hydrogens is 162 g/mol. The molecule has 0 aliphatic rings. The summed E-state index contributed by atoms with van der Waals surface area (Å²) in [6.45, 7) is 3.71. The summed E-state index contributed by atoms with van der Waals surface area (Å²) in [5.41, 5.74) is 1.25. The van der Waals surface area contributed by atoms with Crippen LogP contribution in [-0.4, -0.2) is 12.0 Å². The number of rotatable bonds is 2. The molecule has 3 heteroatoms. The molecule has 0 aliphatic carbocycles. The second-order valence-electron chi connectivity index (χ2n) is 3.42. The maximum atomic E-state index is 8.90. The highest BCUT2D eigenvalue weighted by Crippen LogP contribution is 2.21. The Labute approximate surface area is 78.4 Å². The van der Waals surface area contributed by atoms with E-state index in [2.05, 4.69) is 16.4 Å². The molecule has 0 aromatic carbocycles. The van der Waals surface area contributed by atoms with E-state index >= 15 is 0 Å². The minimum Gasteiger partial charge on any atom is -0.388 e. The Balaban J connectivity index is 3.10. The van der Waals surface area contributed by atoms with Gasteiger partial charge in [-0.1, -0.05) is 0 Å².